The van der Waals surface area contributed by atoms with Crippen LogP contribution in [0.1, 0.15) is 50.6 Å². The molecule has 1 aromatic rings. The maximum atomic E-state index is 11.8. The van der Waals surface area contributed by atoms with Gasteiger partial charge in [-0.3, -0.25) is 14.3 Å². The fourth-order valence-electron chi connectivity index (χ4n) is 2.50. The van der Waals surface area contributed by atoms with Crippen molar-refractivity contribution in [3.05, 3.63) is 32.6 Å². The molecular formula is C14H21N3O2. The molecule has 0 spiro atoms. The first kappa shape index (κ1) is 12.7. The second kappa shape index (κ2) is 4.96. The van der Waals surface area contributed by atoms with Gasteiger partial charge >= 0.3 is 5.69 Å². The first-order valence-corrected chi connectivity index (χ1v) is 7.21. The number of rotatable bonds is 6. The summed E-state index contributed by atoms with van der Waals surface area (Å²) in [7, 11) is 0. The molecule has 1 heterocycles. The lowest BCUT2D eigenvalue weighted by molar-refractivity contribution is 0.483. The van der Waals surface area contributed by atoms with Crippen LogP contribution in [0.15, 0.2) is 15.8 Å². The molecule has 0 bridgehead atoms. The summed E-state index contributed by atoms with van der Waals surface area (Å²) in [5, 5.41) is 3.38. The van der Waals surface area contributed by atoms with E-state index in [9.17, 15) is 9.59 Å². The third-order valence-corrected chi connectivity index (χ3v) is 4.01. The van der Waals surface area contributed by atoms with Crippen LogP contribution in [0.3, 0.4) is 0 Å². The average Bonchev–Trinajstić information content (AvgIpc) is 3.22. The molecule has 2 N–H and O–H groups in total. The fourth-order valence-corrected chi connectivity index (χ4v) is 2.50. The van der Waals surface area contributed by atoms with Gasteiger partial charge in [-0.1, -0.05) is 12.8 Å². The largest absolute Gasteiger partial charge is 0.328 e. The molecule has 2 aliphatic rings. The molecule has 2 saturated carbocycles. The maximum absolute atomic E-state index is 11.8. The Hall–Kier alpha value is -1.36. The molecule has 0 aliphatic heterocycles. The third kappa shape index (κ3) is 3.15. The Morgan fingerprint density at radius 3 is 2.74 bits per heavy atom. The third-order valence-electron chi connectivity index (χ3n) is 4.01. The maximum Gasteiger partial charge on any atom is 0.328 e. The zero-order valence-electron chi connectivity index (χ0n) is 11.3. The Morgan fingerprint density at radius 1 is 1.37 bits per heavy atom. The van der Waals surface area contributed by atoms with Crippen molar-refractivity contribution >= 4 is 0 Å². The van der Waals surface area contributed by atoms with Crippen molar-refractivity contribution in [2.75, 3.05) is 0 Å². The van der Waals surface area contributed by atoms with E-state index in [0.717, 1.165) is 18.8 Å². The second-order valence-electron chi connectivity index (χ2n) is 6.01. The number of hydrogen-bond acceptors (Lipinski definition) is 3. The monoisotopic (exact) mass is 263 g/mol. The van der Waals surface area contributed by atoms with Gasteiger partial charge in [-0.05, 0) is 32.1 Å². The van der Waals surface area contributed by atoms with E-state index < -0.39 is 0 Å². The van der Waals surface area contributed by atoms with Gasteiger partial charge in [-0.15, -0.1) is 0 Å². The molecule has 5 heteroatoms. The number of nitrogens with one attached hydrogen (secondary N) is 2. The Labute approximate surface area is 112 Å². The summed E-state index contributed by atoms with van der Waals surface area (Å²) in [6, 6.07) is 0.722. The quantitative estimate of drug-likeness (QED) is 0.809. The van der Waals surface area contributed by atoms with Crippen LogP contribution in [-0.2, 0) is 6.54 Å². The van der Waals surface area contributed by atoms with E-state index in [1.54, 1.807) is 10.8 Å². The molecule has 0 radical (unpaired) electrons. The number of H-pyrrole nitrogens is 1. The molecule has 0 saturated heterocycles. The summed E-state index contributed by atoms with van der Waals surface area (Å²) in [5.41, 5.74) is 0.129. The van der Waals surface area contributed by atoms with Crippen LogP contribution in [0.2, 0.25) is 0 Å². The second-order valence-corrected chi connectivity index (χ2v) is 6.01. The van der Waals surface area contributed by atoms with Crippen LogP contribution in [0, 0.1) is 5.92 Å². The topological polar surface area (TPSA) is 66.9 Å². The predicted molar refractivity (Wildman–Crippen MR) is 73.2 cm³/mol. The summed E-state index contributed by atoms with van der Waals surface area (Å²) < 4.78 is 1.67. The SMILES string of the molecule is CC(CC1CC1)NCc1cn(C2CC2)c(=O)[nH]c1=O. The van der Waals surface area contributed by atoms with Crippen molar-refractivity contribution in [3.8, 4) is 0 Å². The zero-order chi connectivity index (χ0) is 13.4. The molecule has 2 aliphatic carbocycles. The van der Waals surface area contributed by atoms with Crippen molar-refractivity contribution in [1.82, 2.24) is 14.9 Å². The van der Waals surface area contributed by atoms with E-state index in [1.807, 2.05) is 0 Å². The Bertz CT molecular complexity index is 567. The highest BCUT2D eigenvalue weighted by Crippen LogP contribution is 2.34. The van der Waals surface area contributed by atoms with E-state index in [4.69, 9.17) is 0 Å². The van der Waals surface area contributed by atoms with E-state index >= 15 is 0 Å². The van der Waals surface area contributed by atoms with Crippen molar-refractivity contribution in [3.63, 3.8) is 0 Å². The van der Waals surface area contributed by atoms with E-state index in [1.165, 1.54) is 19.3 Å². The highest BCUT2D eigenvalue weighted by Gasteiger charge is 2.26. The minimum atomic E-state index is -0.276. The Kier molecular flexibility index (Phi) is 3.31. The van der Waals surface area contributed by atoms with Crippen molar-refractivity contribution < 1.29 is 0 Å². The summed E-state index contributed by atoms with van der Waals surface area (Å²) in [6.45, 7) is 2.69. The number of aromatic nitrogens is 2. The summed E-state index contributed by atoms with van der Waals surface area (Å²) in [6.07, 6.45) is 7.68. The van der Waals surface area contributed by atoms with Gasteiger partial charge in [0.05, 0.1) is 0 Å². The molecule has 1 unspecified atom stereocenters. The lowest BCUT2D eigenvalue weighted by atomic mass is 10.1. The van der Waals surface area contributed by atoms with Gasteiger partial charge < -0.3 is 5.32 Å². The number of nitrogens with zero attached hydrogens (tertiary/aromatic N) is 1. The molecule has 1 aromatic heterocycles. The Morgan fingerprint density at radius 2 is 2.11 bits per heavy atom. The van der Waals surface area contributed by atoms with E-state index in [-0.39, 0.29) is 11.2 Å². The normalized spacial score (nSPS) is 20.5. The Balaban J connectivity index is 1.67. The summed E-state index contributed by atoms with van der Waals surface area (Å²) in [4.78, 5) is 25.8. The molecule has 0 amide bonds. The lowest BCUT2D eigenvalue weighted by Crippen LogP contribution is -2.35. The zero-order valence-corrected chi connectivity index (χ0v) is 11.3. The average molecular weight is 263 g/mol. The van der Waals surface area contributed by atoms with Crippen LogP contribution in [0.5, 0.6) is 0 Å². The van der Waals surface area contributed by atoms with Crippen LogP contribution >= 0.6 is 0 Å². The standard InChI is InChI=1S/C14H21N3O2/c1-9(6-10-2-3-10)15-7-11-8-17(12-4-5-12)14(19)16-13(11)18/h8-10,12,15H,2-7H2,1H3,(H,16,18,19). The molecule has 0 aromatic carbocycles. The van der Waals surface area contributed by atoms with Crippen molar-refractivity contribution in [1.29, 1.82) is 0 Å². The van der Waals surface area contributed by atoms with Gasteiger partial charge in [0.2, 0.25) is 0 Å². The number of hydrogen-bond donors (Lipinski definition) is 2. The van der Waals surface area contributed by atoms with Crippen molar-refractivity contribution in [2.24, 2.45) is 5.92 Å². The smallest absolute Gasteiger partial charge is 0.310 e. The van der Waals surface area contributed by atoms with Crippen LogP contribution in [-0.4, -0.2) is 15.6 Å². The lowest BCUT2D eigenvalue weighted by Gasteiger charge is -2.13. The van der Waals surface area contributed by atoms with Gasteiger partial charge in [0.1, 0.15) is 0 Å². The molecule has 19 heavy (non-hydrogen) atoms. The van der Waals surface area contributed by atoms with Crippen molar-refractivity contribution in [2.45, 2.75) is 57.7 Å². The van der Waals surface area contributed by atoms with Gasteiger partial charge in [0, 0.05) is 30.4 Å². The molecule has 5 nitrogen and oxygen atoms in total. The van der Waals surface area contributed by atoms with E-state index in [0.29, 0.717) is 24.2 Å². The summed E-state index contributed by atoms with van der Waals surface area (Å²) >= 11 is 0. The number of aromatic amines is 1. The minimum absolute atomic E-state index is 0.256. The minimum Gasteiger partial charge on any atom is -0.310 e. The van der Waals surface area contributed by atoms with Gasteiger partial charge in [0.15, 0.2) is 0 Å². The first-order chi connectivity index (χ1) is 9.13. The predicted octanol–water partition coefficient (Wildman–Crippen LogP) is 1.15. The molecule has 2 fully saturated rings. The van der Waals surface area contributed by atoms with Gasteiger partial charge in [-0.25, -0.2) is 4.79 Å². The summed E-state index contributed by atoms with van der Waals surface area (Å²) in [5.74, 6) is 0.876. The molecular weight excluding hydrogens is 242 g/mol. The van der Waals surface area contributed by atoms with Crippen LogP contribution in [0.4, 0.5) is 0 Å². The van der Waals surface area contributed by atoms with Crippen LogP contribution in [0.25, 0.3) is 0 Å². The first-order valence-electron chi connectivity index (χ1n) is 7.21. The van der Waals surface area contributed by atoms with Gasteiger partial charge in [0.25, 0.3) is 5.56 Å². The highest BCUT2D eigenvalue weighted by molar-refractivity contribution is 5.06. The van der Waals surface area contributed by atoms with E-state index in [2.05, 4.69) is 17.2 Å². The van der Waals surface area contributed by atoms with Gasteiger partial charge in [-0.2, -0.15) is 0 Å². The molecule has 3 rings (SSSR count). The molecule has 1 atom stereocenters. The molecule has 104 valence electrons. The van der Waals surface area contributed by atoms with Crippen LogP contribution < -0.4 is 16.6 Å². The highest BCUT2D eigenvalue weighted by atomic mass is 16.2. The fraction of sp³-hybridized carbons (Fsp3) is 0.714.